The Hall–Kier alpha value is -6.13. The van der Waals surface area contributed by atoms with E-state index >= 15 is 0 Å². The zero-order valence-electron chi connectivity index (χ0n) is 39.8. The van der Waals surface area contributed by atoms with Crippen LogP contribution in [-0.4, -0.2) is 98.9 Å². The Bertz CT molecular complexity index is 2480. The number of carbonyl (C=O) groups excluding carboxylic acids is 2. The standard InChI is InChI=1S/C54H65N3O12/c1-5-28-66-54-48(57(53(61)64-4)34-37-18-14-17-35-15-6-7-19-40(35)37)33-45(56-69-49-21-10-13-29-65-49)42-30-36(16-8-11-26-58)41(20-9-12-27-59)50(51(42)54)43-31-39(23-25-46(43)68-54)67-52(60)55-44-24-22-38(62-2)32-47(44)63-3/h5-7,14-15,17-19,22-25,30-32,36,41,48-51,58-59H,1,8-13,16,20-21,26-29,33-34H2,2-4H3,(H,55,60)/t36-,41+,48-,49?,50+,51+,54+/m0/s1. The smallest absolute Gasteiger partial charge is 0.417 e. The van der Waals surface area contributed by atoms with Crippen molar-refractivity contribution in [2.45, 2.75) is 94.8 Å². The van der Waals surface area contributed by atoms with Gasteiger partial charge < -0.3 is 48.2 Å². The largest absolute Gasteiger partial charge is 0.497 e. The third-order valence-corrected chi connectivity index (χ3v) is 13.9. The molecule has 15 heteroatoms. The van der Waals surface area contributed by atoms with E-state index in [9.17, 15) is 19.8 Å². The summed E-state index contributed by atoms with van der Waals surface area (Å²) in [5.74, 6) is -0.900. The van der Waals surface area contributed by atoms with E-state index in [-0.39, 0.29) is 56.3 Å². The lowest BCUT2D eigenvalue weighted by Crippen LogP contribution is -2.70. The van der Waals surface area contributed by atoms with E-state index in [2.05, 4.69) is 18.0 Å². The number of fused-ring (bicyclic) bond motifs is 3. The maximum Gasteiger partial charge on any atom is 0.417 e. The lowest BCUT2D eigenvalue weighted by atomic mass is 9.55. The molecule has 2 fully saturated rings. The van der Waals surface area contributed by atoms with Gasteiger partial charge in [-0.3, -0.25) is 10.2 Å². The van der Waals surface area contributed by atoms with Crippen molar-refractivity contribution >= 4 is 34.4 Å². The van der Waals surface area contributed by atoms with Crippen LogP contribution in [0.3, 0.4) is 0 Å². The summed E-state index contributed by atoms with van der Waals surface area (Å²) < 4.78 is 43.1. The van der Waals surface area contributed by atoms with Crippen molar-refractivity contribution in [3.05, 3.63) is 114 Å². The van der Waals surface area contributed by atoms with Crippen LogP contribution in [0.2, 0.25) is 0 Å². The molecule has 1 saturated carbocycles. The van der Waals surface area contributed by atoms with E-state index in [0.29, 0.717) is 54.5 Å². The highest BCUT2D eigenvalue weighted by atomic mass is 16.8. The Balaban J connectivity index is 1.30. The lowest BCUT2D eigenvalue weighted by Gasteiger charge is -2.59. The summed E-state index contributed by atoms with van der Waals surface area (Å²) in [5, 5.41) is 29.8. The Morgan fingerprint density at radius 1 is 0.928 bits per heavy atom. The molecule has 2 aliphatic heterocycles. The Morgan fingerprint density at radius 2 is 1.72 bits per heavy atom. The number of oxime groups is 1. The van der Waals surface area contributed by atoms with E-state index in [1.807, 2.05) is 48.5 Å². The SMILES string of the molecule is C=CCO[C@@]12Oc3ccc(OC(=O)Nc4ccc(OC)cc4OC)cc3[C@H]3[C@H](CCCCO)[C@@H](CCCCO)C=C(C(=NOC4CCCCO4)C[C@@H]1N(Cc1cccc4ccccc14)C(=O)OC)[C@H]32. The summed E-state index contributed by atoms with van der Waals surface area (Å²) in [6.07, 6.45) is 9.02. The van der Waals surface area contributed by atoms with Gasteiger partial charge in [0.2, 0.25) is 12.1 Å². The van der Waals surface area contributed by atoms with Crippen molar-refractivity contribution in [3.63, 3.8) is 0 Å². The maximum atomic E-state index is 14.6. The Morgan fingerprint density at radius 3 is 2.48 bits per heavy atom. The first-order valence-corrected chi connectivity index (χ1v) is 24.1. The van der Waals surface area contributed by atoms with Crippen molar-refractivity contribution in [2.24, 2.45) is 22.9 Å². The third kappa shape index (κ3) is 10.7. The fourth-order valence-electron chi connectivity index (χ4n) is 10.8. The number of benzene rings is 4. The number of ether oxygens (including phenoxy) is 7. The average molecular weight is 948 g/mol. The summed E-state index contributed by atoms with van der Waals surface area (Å²) in [6.45, 7) is 4.95. The fraction of sp³-hybridized carbons (Fsp3) is 0.463. The summed E-state index contributed by atoms with van der Waals surface area (Å²) in [4.78, 5) is 36.3. The predicted octanol–water partition coefficient (Wildman–Crippen LogP) is 9.90. The van der Waals surface area contributed by atoms with Crippen LogP contribution in [0.1, 0.15) is 81.3 Å². The number of carbonyl (C=O) groups is 2. The number of hydrogen-bond donors (Lipinski definition) is 3. The molecule has 15 nitrogen and oxygen atoms in total. The van der Waals surface area contributed by atoms with Gasteiger partial charge in [0.05, 0.1) is 58.4 Å². The number of nitrogens with zero attached hydrogens (tertiary/aromatic N) is 2. The molecule has 1 saturated heterocycles. The second kappa shape index (κ2) is 23.0. The molecule has 368 valence electrons. The van der Waals surface area contributed by atoms with E-state index in [1.54, 1.807) is 48.4 Å². The number of aliphatic hydroxyl groups is 2. The molecule has 7 atom stereocenters. The Labute approximate surface area is 403 Å². The minimum Gasteiger partial charge on any atom is -0.497 e. The van der Waals surface area contributed by atoms with Gasteiger partial charge in [-0.15, -0.1) is 6.58 Å². The van der Waals surface area contributed by atoms with Gasteiger partial charge in [-0.25, -0.2) is 9.59 Å². The molecule has 2 aliphatic carbocycles. The van der Waals surface area contributed by atoms with Crippen LogP contribution in [-0.2, 0) is 25.6 Å². The maximum absolute atomic E-state index is 14.6. The number of amides is 2. The van der Waals surface area contributed by atoms with Crippen molar-refractivity contribution < 1.29 is 57.8 Å². The third-order valence-electron chi connectivity index (χ3n) is 13.9. The molecule has 4 aliphatic rings. The minimum atomic E-state index is -1.55. The van der Waals surface area contributed by atoms with Gasteiger partial charge >= 0.3 is 12.2 Å². The molecule has 4 aromatic rings. The van der Waals surface area contributed by atoms with Crippen LogP contribution in [0, 0.1) is 17.8 Å². The van der Waals surface area contributed by atoms with Crippen LogP contribution in [0.5, 0.6) is 23.0 Å². The highest BCUT2D eigenvalue weighted by Gasteiger charge is 2.66. The van der Waals surface area contributed by atoms with Crippen molar-refractivity contribution in [2.75, 3.05) is 53.1 Å². The second-order valence-electron chi connectivity index (χ2n) is 18.0. The molecule has 2 heterocycles. The van der Waals surface area contributed by atoms with Crippen LogP contribution in [0.15, 0.2) is 108 Å². The number of hydrogen-bond acceptors (Lipinski definition) is 13. The molecule has 0 aromatic heterocycles. The first kappa shape index (κ1) is 49.3. The van der Waals surface area contributed by atoms with Crippen molar-refractivity contribution in [3.8, 4) is 23.0 Å². The van der Waals surface area contributed by atoms with Gasteiger partial charge in [-0.2, -0.15) is 0 Å². The van der Waals surface area contributed by atoms with Gasteiger partial charge in [-0.05, 0) is 103 Å². The first-order chi connectivity index (χ1) is 33.7. The minimum absolute atomic E-state index is 0.0231. The molecule has 0 radical (unpaired) electrons. The van der Waals surface area contributed by atoms with Crippen LogP contribution < -0.4 is 24.3 Å². The van der Waals surface area contributed by atoms with E-state index in [0.717, 1.165) is 66.0 Å². The van der Waals surface area contributed by atoms with Gasteiger partial charge in [0, 0.05) is 43.6 Å². The number of methoxy groups -OCH3 is 3. The molecular formula is C54H65N3O12. The van der Waals surface area contributed by atoms with Gasteiger partial charge in [0.25, 0.3) is 0 Å². The zero-order chi connectivity index (χ0) is 48.3. The number of aliphatic hydroxyl groups excluding tert-OH is 2. The van der Waals surface area contributed by atoms with Crippen LogP contribution in [0.25, 0.3) is 10.8 Å². The molecule has 4 aromatic carbocycles. The van der Waals surface area contributed by atoms with E-state index in [1.165, 1.54) is 14.2 Å². The van der Waals surface area contributed by atoms with Crippen LogP contribution >= 0.6 is 0 Å². The molecule has 8 rings (SSSR count). The monoisotopic (exact) mass is 947 g/mol. The van der Waals surface area contributed by atoms with Crippen LogP contribution in [0.4, 0.5) is 15.3 Å². The summed E-state index contributed by atoms with van der Waals surface area (Å²) in [7, 11) is 4.43. The average Bonchev–Trinajstić information content (AvgIpc) is 3.38. The summed E-state index contributed by atoms with van der Waals surface area (Å²) in [6, 6.07) is 23.6. The number of anilines is 1. The Kier molecular flexibility index (Phi) is 16.4. The second-order valence-corrected chi connectivity index (χ2v) is 18.0. The topological polar surface area (TPSA) is 176 Å². The summed E-state index contributed by atoms with van der Waals surface area (Å²) >= 11 is 0. The van der Waals surface area contributed by atoms with Gasteiger partial charge in [0.1, 0.15) is 29.0 Å². The van der Waals surface area contributed by atoms with E-state index in [4.69, 9.17) is 43.2 Å². The molecule has 69 heavy (non-hydrogen) atoms. The first-order valence-electron chi connectivity index (χ1n) is 24.1. The quantitative estimate of drug-likeness (QED) is 0.0435. The molecular weight excluding hydrogens is 883 g/mol. The normalized spacial score (nSPS) is 24.2. The number of unbranched alkanes of at least 4 members (excludes halogenated alkanes) is 2. The molecule has 3 N–H and O–H groups in total. The van der Waals surface area contributed by atoms with Gasteiger partial charge in [-0.1, -0.05) is 72.6 Å². The number of rotatable bonds is 20. The summed E-state index contributed by atoms with van der Waals surface area (Å²) in [5.41, 5.74) is 3.57. The highest BCUT2D eigenvalue weighted by Crippen LogP contribution is 2.62. The highest BCUT2D eigenvalue weighted by molar-refractivity contribution is 6.03. The number of nitrogens with one attached hydrogen (secondary N) is 1. The van der Waals surface area contributed by atoms with Crippen molar-refractivity contribution in [1.82, 2.24) is 4.90 Å². The van der Waals surface area contributed by atoms with E-state index < -0.39 is 36.2 Å². The molecule has 2 amide bonds. The number of allylic oxidation sites excluding steroid dienone is 1. The zero-order valence-corrected chi connectivity index (χ0v) is 39.8. The van der Waals surface area contributed by atoms with Gasteiger partial charge in [0.15, 0.2) is 0 Å². The molecule has 0 bridgehead atoms. The predicted molar refractivity (Wildman–Crippen MR) is 261 cm³/mol. The molecule has 0 spiro atoms. The van der Waals surface area contributed by atoms with Crippen molar-refractivity contribution in [1.29, 1.82) is 0 Å². The fourth-order valence-corrected chi connectivity index (χ4v) is 10.8. The molecule has 1 unspecified atom stereocenters. The lowest BCUT2D eigenvalue weighted by molar-refractivity contribution is -0.256.